The average Bonchev–Trinajstić information content (AvgIpc) is 2.90. The van der Waals surface area contributed by atoms with E-state index >= 15 is 0 Å². The van der Waals surface area contributed by atoms with Crippen molar-refractivity contribution in [3.63, 3.8) is 0 Å². The highest BCUT2D eigenvalue weighted by molar-refractivity contribution is 5.87. The zero-order valence-corrected chi connectivity index (χ0v) is 12.3. The third-order valence-corrected chi connectivity index (χ3v) is 3.76. The molecule has 3 rings (SSSR count). The van der Waals surface area contributed by atoms with E-state index in [4.69, 9.17) is 0 Å². The first-order valence-corrected chi connectivity index (χ1v) is 6.95. The van der Waals surface area contributed by atoms with E-state index in [1.54, 1.807) is 4.90 Å². The molecule has 0 fully saturated rings. The molecule has 1 aliphatic rings. The van der Waals surface area contributed by atoms with Crippen LogP contribution >= 0.6 is 0 Å². The van der Waals surface area contributed by atoms with Crippen molar-refractivity contribution < 1.29 is 22.7 Å². The lowest BCUT2D eigenvalue weighted by molar-refractivity contribution is 0.0588. The molecule has 0 aliphatic carbocycles. The van der Waals surface area contributed by atoms with E-state index in [1.807, 2.05) is 0 Å². The number of nitrogens with zero attached hydrogens (tertiary/aromatic N) is 2. The molecular weight excluding hydrogens is 309 g/mol. The molecule has 0 N–H and O–H groups in total. The predicted molar refractivity (Wildman–Crippen MR) is 76.6 cm³/mol. The zero-order chi connectivity index (χ0) is 16.6. The van der Waals surface area contributed by atoms with Gasteiger partial charge in [0.2, 0.25) is 0 Å². The molecule has 0 radical (unpaired) electrons. The van der Waals surface area contributed by atoms with Crippen molar-refractivity contribution in [2.75, 3.05) is 18.6 Å². The minimum absolute atomic E-state index is 0.237. The number of fused-ring (bicyclic) bond motifs is 1. The Kier molecular flexibility index (Phi) is 3.94. The van der Waals surface area contributed by atoms with Crippen LogP contribution in [0.25, 0.3) is 0 Å². The minimum Gasteiger partial charge on any atom is -0.464 e. The fourth-order valence-electron chi connectivity index (χ4n) is 2.68. The highest BCUT2D eigenvalue weighted by Gasteiger charge is 2.24. The normalized spacial score (nSPS) is 13.1. The Morgan fingerprint density at radius 1 is 1.26 bits per heavy atom. The topological polar surface area (TPSA) is 42.4 Å². The number of carbonyl (C=O) groups excluding carboxylic acids is 1. The summed E-state index contributed by atoms with van der Waals surface area (Å²) in [5.74, 6) is -2.88. The number of aromatic nitrogens is 1. The molecule has 0 unspecified atom stereocenters. The van der Waals surface area contributed by atoms with Gasteiger partial charge in [-0.3, -0.25) is 0 Å². The Morgan fingerprint density at radius 2 is 2.04 bits per heavy atom. The molecule has 1 aromatic heterocycles. The number of carbonyl (C=O) groups is 1. The van der Waals surface area contributed by atoms with Gasteiger partial charge in [0.05, 0.1) is 7.11 Å². The standard InChI is InChI=1S/C16H13F3N2O2/c1-23-16(22)15-13(19)4-9(7-20-15)8-21-3-2-11-12(18)5-10(17)6-14(11)21/h4-7H,2-3,8H2,1H3. The van der Waals surface area contributed by atoms with Crippen LogP contribution in [0.1, 0.15) is 21.6 Å². The number of hydrogen-bond donors (Lipinski definition) is 0. The number of anilines is 1. The molecule has 1 aromatic carbocycles. The first-order chi connectivity index (χ1) is 11.0. The van der Waals surface area contributed by atoms with Gasteiger partial charge >= 0.3 is 5.97 Å². The van der Waals surface area contributed by atoms with Crippen molar-refractivity contribution in [3.05, 3.63) is 58.7 Å². The second-order valence-electron chi connectivity index (χ2n) is 5.22. The van der Waals surface area contributed by atoms with E-state index < -0.39 is 29.1 Å². The number of pyridine rings is 1. The number of methoxy groups -OCH3 is 1. The van der Waals surface area contributed by atoms with Gasteiger partial charge in [-0.1, -0.05) is 0 Å². The second kappa shape index (κ2) is 5.91. The number of ether oxygens (including phenoxy) is 1. The van der Waals surface area contributed by atoms with Gasteiger partial charge in [-0.15, -0.1) is 0 Å². The molecule has 23 heavy (non-hydrogen) atoms. The SMILES string of the molecule is COC(=O)c1ncc(CN2CCc3c(F)cc(F)cc32)cc1F. The Morgan fingerprint density at radius 3 is 2.74 bits per heavy atom. The van der Waals surface area contributed by atoms with E-state index in [1.165, 1.54) is 18.3 Å². The molecule has 120 valence electrons. The monoisotopic (exact) mass is 322 g/mol. The molecule has 2 aromatic rings. The van der Waals surface area contributed by atoms with Crippen LogP contribution in [0.3, 0.4) is 0 Å². The largest absolute Gasteiger partial charge is 0.464 e. The molecule has 0 amide bonds. The van der Waals surface area contributed by atoms with Gasteiger partial charge in [0.15, 0.2) is 11.5 Å². The molecule has 0 saturated heterocycles. The van der Waals surface area contributed by atoms with Crippen molar-refractivity contribution in [3.8, 4) is 0 Å². The second-order valence-corrected chi connectivity index (χ2v) is 5.22. The lowest BCUT2D eigenvalue weighted by Crippen LogP contribution is -2.20. The third kappa shape index (κ3) is 2.86. The van der Waals surface area contributed by atoms with Gasteiger partial charge < -0.3 is 9.64 Å². The molecule has 0 spiro atoms. The van der Waals surface area contributed by atoms with Crippen LogP contribution in [0.15, 0.2) is 24.4 Å². The number of rotatable bonds is 3. The lowest BCUT2D eigenvalue weighted by Gasteiger charge is -2.19. The maximum absolute atomic E-state index is 13.9. The summed E-state index contributed by atoms with van der Waals surface area (Å²) >= 11 is 0. The summed E-state index contributed by atoms with van der Waals surface area (Å²) < 4.78 is 45.4. The van der Waals surface area contributed by atoms with Gasteiger partial charge in [-0.2, -0.15) is 0 Å². The molecular formula is C16H13F3N2O2. The van der Waals surface area contributed by atoms with Crippen molar-refractivity contribution >= 4 is 11.7 Å². The molecule has 4 nitrogen and oxygen atoms in total. The third-order valence-electron chi connectivity index (χ3n) is 3.76. The smallest absolute Gasteiger partial charge is 0.359 e. The van der Waals surface area contributed by atoms with Crippen LogP contribution in [0, 0.1) is 17.5 Å². The first-order valence-electron chi connectivity index (χ1n) is 6.95. The van der Waals surface area contributed by atoms with Crippen LogP contribution in [-0.2, 0) is 17.7 Å². The Bertz CT molecular complexity index is 780. The maximum Gasteiger partial charge on any atom is 0.359 e. The van der Waals surface area contributed by atoms with E-state index in [-0.39, 0.29) is 6.54 Å². The van der Waals surface area contributed by atoms with Crippen LogP contribution < -0.4 is 4.90 Å². The van der Waals surface area contributed by atoms with Gasteiger partial charge in [-0.25, -0.2) is 22.9 Å². The fraction of sp³-hybridized carbons (Fsp3) is 0.250. The summed E-state index contributed by atoms with van der Waals surface area (Å²) in [6.45, 7) is 0.733. The van der Waals surface area contributed by atoms with Crippen molar-refractivity contribution in [2.24, 2.45) is 0 Å². The summed E-state index contributed by atoms with van der Waals surface area (Å²) in [7, 11) is 1.14. The first kappa shape index (κ1) is 15.3. The summed E-state index contributed by atoms with van der Waals surface area (Å²) in [4.78, 5) is 16.8. The molecule has 0 saturated carbocycles. The highest BCUT2D eigenvalue weighted by Crippen LogP contribution is 2.32. The van der Waals surface area contributed by atoms with E-state index in [9.17, 15) is 18.0 Å². The van der Waals surface area contributed by atoms with Crippen LogP contribution in [0.4, 0.5) is 18.9 Å². The van der Waals surface area contributed by atoms with Crippen molar-refractivity contribution in [1.29, 1.82) is 0 Å². The van der Waals surface area contributed by atoms with E-state index in [2.05, 4.69) is 9.72 Å². The summed E-state index contributed by atoms with van der Waals surface area (Å²) in [6.07, 6.45) is 1.81. The molecule has 0 atom stereocenters. The lowest BCUT2D eigenvalue weighted by atomic mass is 10.1. The van der Waals surface area contributed by atoms with Gasteiger partial charge in [0, 0.05) is 36.6 Å². The zero-order valence-electron chi connectivity index (χ0n) is 12.3. The summed E-state index contributed by atoms with van der Waals surface area (Å²) in [5, 5.41) is 0. The molecule has 0 bridgehead atoms. The van der Waals surface area contributed by atoms with Gasteiger partial charge in [0.25, 0.3) is 0 Å². The van der Waals surface area contributed by atoms with Crippen molar-refractivity contribution in [1.82, 2.24) is 4.98 Å². The Balaban J connectivity index is 1.85. The van der Waals surface area contributed by atoms with Crippen molar-refractivity contribution in [2.45, 2.75) is 13.0 Å². The minimum atomic E-state index is -0.857. The number of esters is 1. The quantitative estimate of drug-likeness (QED) is 0.815. The summed E-state index contributed by atoms with van der Waals surface area (Å²) in [6, 6.07) is 3.29. The summed E-state index contributed by atoms with van der Waals surface area (Å²) in [5.41, 5.74) is 1.01. The van der Waals surface area contributed by atoms with Crippen LogP contribution in [-0.4, -0.2) is 24.6 Å². The number of hydrogen-bond acceptors (Lipinski definition) is 4. The van der Waals surface area contributed by atoms with Crippen LogP contribution in [0.2, 0.25) is 0 Å². The van der Waals surface area contributed by atoms with E-state index in [0.29, 0.717) is 29.8 Å². The maximum atomic E-state index is 13.9. The average molecular weight is 322 g/mol. The molecule has 1 aliphatic heterocycles. The van der Waals surface area contributed by atoms with Crippen LogP contribution in [0.5, 0.6) is 0 Å². The molecule has 2 heterocycles. The number of benzene rings is 1. The molecule has 7 heteroatoms. The highest BCUT2D eigenvalue weighted by atomic mass is 19.1. The van der Waals surface area contributed by atoms with Gasteiger partial charge in [0.1, 0.15) is 11.6 Å². The fourth-order valence-corrected chi connectivity index (χ4v) is 2.68. The Labute approximate surface area is 130 Å². The van der Waals surface area contributed by atoms with E-state index in [0.717, 1.165) is 13.2 Å². The Hall–Kier alpha value is -2.57. The number of halogens is 3. The van der Waals surface area contributed by atoms with Gasteiger partial charge in [-0.05, 0) is 24.1 Å². The predicted octanol–water partition coefficient (Wildman–Crippen LogP) is 2.85.